The summed E-state index contributed by atoms with van der Waals surface area (Å²) in [6.45, 7) is 0.969. The predicted molar refractivity (Wildman–Crippen MR) is 85.9 cm³/mol. The van der Waals surface area contributed by atoms with E-state index in [0.717, 1.165) is 36.8 Å². The Hall–Kier alpha value is -2.20. The van der Waals surface area contributed by atoms with Gasteiger partial charge < -0.3 is 10.4 Å². The van der Waals surface area contributed by atoms with Crippen LogP contribution in [-0.4, -0.2) is 53.0 Å². The fourth-order valence-corrected chi connectivity index (χ4v) is 3.59. The monoisotopic (exact) mass is 354 g/mol. The van der Waals surface area contributed by atoms with Crippen LogP contribution in [0, 0.1) is 0 Å². The molecule has 0 aliphatic carbocycles. The van der Waals surface area contributed by atoms with Crippen LogP contribution in [-0.2, 0) is 21.2 Å². The first kappa shape index (κ1) is 16.7. The number of carbonyl (C=O) groups is 1. The first-order chi connectivity index (χ1) is 11.3. The highest BCUT2D eigenvalue weighted by atomic mass is 32.2. The summed E-state index contributed by atoms with van der Waals surface area (Å²) in [5.41, 5.74) is 0.0712. The fraction of sp³-hybridized carbons (Fsp3) is 0.500. The Morgan fingerprint density at radius 2 is 2.08 bits per heavy atom. The lowest BCUT2D eigenvalue weighted by atomic mass is 10.1. The number of piperidine rings is 1. The molecule has 3 heterocycles. The van der Waals surface area contributed by atoms with Gasteiger partial charge in [-0.15, -0.1) is 0 Å². The molecule has 1 aliphatic rings. The van der Waals surface area contributed by atoms with Crippen molar-refractivity contribution in [1.82, 2.24) is 19.4 Å². The van der Waals surface area contributed by atoms with E-state index in [4.69, 9.17) is 5.11 Å². The maximum atomic E-state index is 12.7. The zero-order chi connectivity index (χ0) is 17.5. The van der Waals surface area contributed by atoms with Gasteiger partial charge in [-0.1, -0.05) is 0 Å². The third-order valence-corrected chi connectivity index (χ3v) is 5.25. The number of imidazole rings is 1. The molecule has 0 amide bonds. The number of nitrogens with one attached hydrogen (secondary N) is 1. The van der Waals surface area contributed by atoms with Crippen molar-refractivity contribution in [1.29, 1.82) is 0 Å². The van der Waals surface area contributed by atoms with Gasteiger partial charge in [-0.05, 0) is 32.0 Å². The first-order valence-corrected chi connectivity index (χ1v) is 9.41. The molecular formula is C14H18N4O5S. The molecule has 130 valence electrons. The molecule has 0 saturated carbocycles. The SMILES string of the molecule is CS(=O)(=O)c1cnc2c(c1)n(CC(=O)O)c(=O)n2C1CCNCC1. The molecule has 24 heavy (non-hydrogen) atoms. The molecule has 2 aromatic rings. The quantitative estimate of drug-likeness (QED) is 0.766. The summed E-state index contributed by atoms with van der Waals surface area (Å²) >= 11 is 0. The smallest absolute Gasteiger partial charge is 0.331 e. The summed E-state index contributed by atoms with van der Waals surface area (Å²) in [7, 11) is -3.51. The lowest BCUT2D eigenvalue weighted by Gasteiger charge is -2.23. The number of rotatable bonds is 4. The normalized spacial score (nSPS) is 16.5. The molecule has 0 radical (unpaired) electrons. The second kappa shape index (κ2) is 6.02. The highest BCUT2D eigenvalue weighted by Gasteiger charge is 2.25. The molecule has 0 aromatic carbocycles. The number of hydrogen-bond donors (Lipinski definition) is 2. The van der Waals surface area contributed by atoms with Gasteiger partial charge in [0.25, 0.3) is 0 Å². The molecule has 3 rings (SSSR count). The van der Waals surface area contributed by atoms with Gasteiger partial charge in [0.15, 0.2) is 15.5 Å². The molecule has 2 aromatic heterocycles. The third kappa shape index (κ3) is 2.94. The molecule has 0 atom stereocenters. The van der Waals surface area contributed by atoms with Gasteiger partial charge in [0.1, 0.15) is 6.54 Å². The molecule has 0 unspecified atom stereocenters. The van der Waals surface area contributed by atoms with Gasteiger partial charge in [-0.2, -0.15) is 0 Å². The van der Waals surface area contributed by atoms with Crippen LogP contribution in [0.2, 0.25) is 0 Å². The number of carboxylic acid groups (broad SMARTS) is 1. The van der Waals surface area contributed by atoms with E-state index in [1.54, 1.807) is 0 Å². The number of aliphatic carboxylic acids is 1. The molecule has 1 aliphatic heterocycles. The summed E-state index contributed by atoms with van der Waals surface area (Å²) in [6.07, 6.45) is 3.70. The topological polar surface area (TPSA) is 123 Å². The summed E-state index contributed by atoms with van der Waals surface area (Å²) in [5.74, 6) is -1.17. The minimum atomic E-state index is -3.51. The van der Waals surface area contributed by atoms with Crippen LogP contribution in [0.15, 0.2) is 22.0 Å². The van der Waals surface area contributed by atoms with E-state index < -0.39 is 28.0 Å². The van der Waals surface area contributed by atoms with Gasteiger partial charge in [0.05, 0.1) is 10.4 Å². The van der Waals surface area contributed by atoms with Gasteiger partial charge >= 0.3 is 11.7 Å². The van der Waals surface area contributed by atoms with Crippen molar-refractivity contribution < 1.29 is 18.3 Å². The molecule has 10 heteroatoms. The number of aromatic nitrogens is 3. The Kier molecular flexibility index (Phi) is 4.18. The number of pyridine rings is 1. The maximum Gasteiger partial charge on any atom is 0.331 e. The van der Waals surface area contributed by atoms with Gasteiger partial charge in [0, 0.05) is 18.5 Å². The fourth-order valence-electron chi connectivity index (χ4n) is 3.02. The van der Waals surface area contributed by atoms with Crippen molar-refractivity contribution in [3.05, 3.63) is 22.7 Å². The van der Waals surface area contributed by atoms with E-state index in [0.29, 0.717) is 5.65 Å². The summed E-state index contributed by atoms with van der Waals surface area (Å²) < 4.78 is 26.1. The Bertz CT molecular complexity index is 953. The van der Waals surface area contributed by atoms with E-state index in [1.165, 1.54) is 16.8 Å². The average Bonchev–Trinajstić information content (AvgIpc) is 2.79. The van der Waals surface area contributed by atoms with Gasteiger partial charge in [0.2, 0.25) is 0 Å². The zero-order valence-corrected chi connectivity index (χ0v) is 13.9. The number of hydrogen-bond acceptors (Lipinski definition) is 6. The minimum absolute atomic E-state index is 0.0448. The third-order valence-electron chi connectivity index (χ3n) is 4.17. The van der Waals surface area contributed by atoms with Crippen LogP contribution in [0.25, 0.3) is 11.2 Å². The molecule has 0 spiro atoms. The Labute approximate surface area is 137 Å². The van der Waals surface area contributed by atoms with Crippen molar-refractivity contribution in [2.24, 2.45) is 0 Å². The predicted octanol–water partition coefficient (Wildman–Crippen LogP) is -0.389. The Balaban J connectivity index is 2.26. The van der Waals surface area contributed by atoms with Crippen LogP contribution in [0.1, 0.15) is 18.9 Å². The van der Waals surface area contributed by atoms with Crippen LogP contribution in [0.4, 0.5) is 0 Å². The van der Waals surface area contributed by atoms with Crippen LogP contribution in [0.5, 0.6) is 0 Å². The van der Waals surface area contributed by atoms with E-state index >= 15 is 0 Å². The highest BCUT2D eigenvalue weighted by molar-refractivity contribution is 7.90. The van der Waals surface area contributed by atoms with Crippen molar-refractivity contribution in [2.75, 3.05) is 19.3 Å². The zero-order valence-electron chi connectivity index (χ0n) is 13.1. The molecule has 2 N–H and O–H groups in total. The molecule has 0 bridgehead atoms. The second-order valence-corrected chi connectivity index (χ2v) is 7.92. The maximum absolute atomic E-state index is 12.7. The van der Waals surface area contributed by atoms with Crippen molar-refractivity contribution in [2.45, 2.75) is 30.3 Å². The van der Waals surface area contributed by atoms with Crippen LogP contribution in [0.3, 0.4) is 0 Å². The summed E-state index contributed by atoms with van der Waals surface area (Å²) in [4.78, 5) is 28.0. The molecular weight excluding hydrogens is 336 g/mol. The Morgan fingerprint density at radius 3 is 2.67 bits per heavy atom. The highest BCUT2D eigenvalue weighted by Crippen LogP contribution is 2.23. The standard InChI is InChI=1S/C14H18N4O5S/c1-24(22,23)10-6-11-13(16-7-10)18(9-2-4-15-5-3-9)14(21)17(11)8-12(19)20/h6-7,9,15H,2-5,8H2,1H3,(H,19,20). The van der Waals surface area contributed by atoms with E-state index in [2.05, 4.69) is 10.3 Å². The van der Waals surface area contributed by atoms with E-state index in [-0.39, 0.29) is 16.5 Å². The largest absolute Gasteiger partial charge is 0.480 e. The van der Waals surface area contributed by atoms with Crippen LogP contribution < -0.4 is 11.0 Å². The average molecular weight is 354 g/mol. The first-order valence-electron chi connectivity index (χ1n) is 7.52. The lowest BCUT2D eigenvalue weighted by molar-refractivity contribution is -0.137. The molecule has 1 fully saturated rings. The van der Waals surface area contributed by atoms with Crippen molar-refractivity contribution in [3.8, 4) is 0 Å². The lowest BCUT2D eigenvalue weighted by Crippen LogP contribution is -2.35. The van der Waals surface area contributed by atoms with Gasteiger partial charge in [-0.3, -0.25) is 13.9 Å². The minimum Gasteiger partial charge on any atom is -0.480 e. The van der Waals surface area contributed by atoms with Crippen molar-refractivity contribution >= 4 is 27.0 Å². The van der Waals surface area contributed by atoms with E-state index in [1.807, 2.05) is 0 Å². The van der Waals surface area contributed by atoms with Crippen molar-refractivity contribution in [3.63, 3.8) is 0 Å². The van der Waals surface area contributed by atoms with Crippen LogP contribution >= 0.6 is 0 Å². The second-order valence-electron chi connectivity index (χ2n) is 5.90. The number of fused-ring (bicyclic) bond motifs is 1. The van der Waals surface area contributed by atoms with E-state index in [9.17, 15) is 18.0 Å². The molecule has 9 nitrogen and oxygen atoms in total. The molecule has 1 saturated heterocycles. The van der Waals surface area contributed by atoms with Gasteiger partial charge in [-0.25, -0.2) is 18.2 Å². The summed E-state index contributed by atoms with van der Waals surface area (Å²) in [6, 6.07) is 1.23. The number of nitrogens with zero attached hydrogens (tertiary/aromatic N) is 3. The number of sulfone groups is 1. The summed E-state index contributed by atoms with van der Waals surface area (Å²) in [5, 5.41) is 12.3. The Morgan fingerprint density at radius 1 is 1.42 bits per heavy atom. The number of carboxylic acids is 1.